The third kappa shape index (κ3) is 3.50. The molecule has 120 valence electrons. The van der Waals surface area contributed by atoms with Gasteiger partial charge < -0.3 is 19.5 Å². The summed E-state index contributed by atoms with van der Waals surface area (Å²) in [5.41, 5.74) is 0.395. The molecule has 0 aromatic heterocycles. The molecule has 22 heavy (non-hydrogen) atoms. The lowest BCUT2D eigenvalue weighted by Gasteiger charge is -2.25. The van der Waals surface area contributed by atoms with Crippen molar-refractivity contribution >= 4 is 11.9 Å². The van der Waals surface area contributed by atoms with Gasteiger partial charge in [0.2, 0.25) is 0 Å². The molecule has 1 aliphatic rings. The van der Waals surface area contributed by atoms with Gasteiger partial charge >= 0.3 is 5.97 Å². The van der Waals surface area contributed by atoms with E-state index in [9.17, 15) is 9.59 Å². The molecule has 1 unspecified atom stereocenters. The van der Waals surface area contributed by atoms with Crippen molar-refractivity contribution in [2.45, 2.75) is 25.8 Å². The van der Waals surface area contributed by atoms with E-state index < -0.39 is 11.9 Å². The van der Waals surface area contributed by atoms with Crippen molar-refractivity contribution in [2.24, 2.45) is 5.92 Å². The van der Waals surface area contributed by atoms with Gasteiger partial charge in [0.1, 0.15) is 11.5 Å². The van der Waals surface area contributed by atoms with Crippen molar-refractivity contribution in [2.75, 3.05) is 20.8 Å². The highest BCUT2D eigenvalue weighted by Crippen LogP contribution is 2.32. The number of hydrogen-bond donors (Lipinski definition) is 1. The van der Waals surface area contributed by atoms with Gasteiger partial charge in [-0.3, -0.25) is 9.59 Å². The van der Waals surface area contributed by atoms with Crippen LogP contribution in [0.3, 0.4) is 0 Å². The van der Waals surface area contributed by atoms with Crippen molar-refractivity contribution in [3.05, 3.63) is 23.8 Å². The van der Waals surface area contributed by atoms with Crippen LogP contribution in [0.5, 0.6) is 11.5 Å². The van der Waals surface area contributed by atoms with Crippen LogP contribution in [0.4, 0.5) is 0 Å². The van der Waals surface area contributed by atoms with Gasteiger partial charge in [-0.1, -0.05) is 6.92 Å². The van der Waals surface area contributed by atoms with Crippen molar-refractivity contribution < 1.29 is 24.2 Å². The molecular formula is C16H21NO5. The van der Waals surface area contributed by atoms with Gasteiger partial charge in [0, 0.05) is 12.6 Å². The minimum Gasteiger partial charge on any atom is -0.497 e. The molecule has 1 saturated carbocycles. The number of carboxylic acid groups (broad SMARTS) is 1. The van der Waals surface area contributed by atoms with E-state index >= 15 is 0 Å². The lowest BCUT2D eigenvalue weighted by atomic mass is 10.1. The third-order valence-electron chi connectivity index (χ3n) is 3.78. The third-order valence-corrected chi connectivity index (χ3v) is 3.78. The first kappa shape index (κ1) is 16.1. The molecule has 1 aliphatic carbocycles. The molecule has 0 saturated heterocycles. The zero-order chi connectivity index (χ0) is 16.3. The average Bonchev–Trinajstić information content (AvgIpc) is 3.35. The van der Waals surface area contributed by atoms with Crippen LogP contribution in [0.1, 0.15) is 30.1 Å². The van der Waals surface area contributed by atoms with Crippen LogP contribution in [-0.2, 0) is 4.79 Å². The van der Waals surface area contributed by atoms with E-state index in [1.54, 1.807) is 30.0 Å². The molecule has 1 fully saturated rings. The molecule has 0 spiro atoms. The first-order valence-corrected chi connectivity index (χ1v) is 7.23. The molecule has 0 heterocycles. The summed E-state index contributed by atoms with van der Waals surface area (Å²) in [5, 5.41) is 9.09. The first-order valence-electron chi connectivity index (χ1n) is 7.23. The minimum absolute atomic E-state index is 0.116. The average molecular weight is 307 g/mol. The minimum atomic E-state index is -0.906. The summed E-state index contributed by atoms with van der Waals surface area (Å²) >= 11 is 0. The standard InChI is InChI=1S/C16H21NO5/c1-10(16(19)20)9-17(11-4-5-11)15(18)13-8-12(21-2)6-7-14(13)22-3/h6-8,10-11H,4-5,9H2,1-3H3,(H,19,20). The maximum atomic E-state index is 12.8. The number of rotatable bonds is 7. The summed E-state index contributed by atoms with van der Waals surface area (Å²) in [5.74, 6) is -0.714. The van der Waals surface area contributed by atoms with E-state index in [2.05, 4.69) is 0 Å². The molecule has 0 radical (unpaired) electrons. The second-order valence-corrected chi connectivity index (χ2v) is 5.49. The highest BCUT2D eigenvalue weighted by atomic mass is 16.5. The molecule has 2 rings (SSSR count). The van der Waals surface area contributed by atoms with Crippen LogP contribution in [0, 0.1) is 5.92 Å². The molecule has 1 amide bonds. The number of hydrogen-bond acceptors (Lipinski definition) is 4. The van der Waals surface area contributed by atoms with Crippen LogP contribution in [0.2, 0.25) is 0 Å². The molecule has 0 aliphatic heterocycles. The summed E-state index contributed by atoms with van der Waals surface area (Å²) in [6.07, 6.45) is 1.81. The second-order valence-electron chi connectivity index (χ2n) is 5.49. The SMILES string of the molecule is COc1ccc(OC)c(C(=O)N(CC(C)C(=O)O)C2CC2)c1. The Bertz CT molecular complexity index is 568. The number of carbonyl (C=O) groups is 2. The van der Waals surface area contributed by atoms with Crippen LogP contribution in [-0.4, -0.2) is 48.7 Å². The van der Waals surface area contributed by atoms with E-state index in [-0.39, 0.29) is 18.5 Å². The number of methoxy groups -OCH3 is 2. The summed E-state index contributed by atoms with van der Waals surface area (Å²) < 4.78 is 10.4. The Morgan fingerprint density at radius 3 is 2.50 bits per heavy atom. The Balaban J connectivity index is 2.28. The predicted octanol–water partition coefficient (Wildman–Crippen LogP) is 2.03. The van der Waals surface area contributed by atoms with E-state index in [1.807, 2.05) is 0 Å². The Kier molecular flexibility index (Phi) is 4.90. The lowest BCUT2D eigenvalue weighted by Crippen LogP contribution is -2.38. The number of nitrogens with zero attached hydrogens (tertiary/aromatic N) is 1. The Morgan fingerprint density at radius 2 is 2.00 bits per heavy atom. The molecule has 0 bridgehead atoms. The van der Waals surface area contributed by atoms with Crippen molar-refractivity contribution in [3.8, 4) is 11.5 Å². The Labute approximate surface area is 129 Å². The molecule has 1 aromatic rings. The second kappa shape index (κ2) is 6.68. The van der Waals surface area contributed by atoms with Crippen LogP contribution < -0.4 is 9.47 Å². The number of aliphatic carboxylic acids is 1. The lowest BCUT2D eigenvalue weighted by molar-refractivity contribution is -0.141. The zero-order valence-electron chi connectivity index (χ0n) is 13.0. The van der Waals surface area contributed by atoms with Gasteiger partial charge in [-0.2, -0.15) is 0 Å². The van der Waals surface area contributed by atoms with Crippen molar-refractivity contribution in [3.63, 3.8) is 0 Å². The quantitative estimate of drug-likeness (QED) is 0.834. The smallest absolute Gasteiger partial charge is 0.308 e. The fourth-order valence-corrected chi connectivity index (χ4v) is 2.29. The topological polar surface area (TPSA) is 76.1 Å². The summed E-state index contributed by atoms with van der Waals surface area (Å²) in [6.45, 7) is 1.80. The molecule has 6 nitrogen and oxygen atoms in total. The van der Waals surface area contributed by atoms with Gasteiger partial charge in [0.15, 0.2) is 0 Å². The van der Waals surface area contributed by atoms with Gasteiger partial charge in [-0.15, -0.1) is 0 Å². The number of carbonyl (C=O) groups excluding carboxylic acids is 1. The molecule has 1 atom stereocenters. The van der Waals surface area contributed by atoms with E-state index in [0.717, 1.165) is 12.8 Å². The number of benzene rings is 1. The Hall–Kier alpha value is -2.24. The predicted molar refractivity (Wildman–Crippen MR) is 80.4 cm³/mol. The first-order chi connectivity index (χ1) is 10.5. The summed E-state index contributed by atoms with van der Waals surface area (Å²) in [7, 11) is 3.03. The molecule has 1 N–H and O–H groups in total. The van der Waals surface area contributed by atoms with E-state index in [1.165, 1.54) is 14.2 Å². The van der Waals surface area contributed by atoms with E-state index in [4.69, 9.17) is 14.6 Å². The number of amides is 1. The van der Waals surface area contributed by atoms with Crippen molar-refractivity contribution in [1.29, 1.82) is 0 Å². The Morgan fingerprint density at radius 1 is 1.32 bits per heavy atom. The van der Waals surface area contributed by atoms with Gasteiger partial charge in [0.05, 0.1) is 25.7 Å². The highest BCUT2D eigenvalue weighted by Gasteiger charge is 2.36. The van der Waals surface area contributed by atoms with Crippen molar-refractivity contribution in [1.82, 2.24) is 4.90 Å². The van der Waals surface area contributed by atoms with E-state index in [0.29, 0.717) is 17.1 Å². The monoisotopic (exact) mass is 307 g/mol. The maximum absolute atomic E-state index is 12.8. The largest absolute Gasteiger partial charge is 0.497 e. The fraction of sp³-hybridized carbons (Fsp3) is 0.500. The van der Waals surface area contributed by atoms with Gasteiger partial charge in [-0.05, 0) is 31.0 Å². The maximum Gasteiger partial charge on any atom is 0.308 e. The summed E-state index contributed by atoms with van der Waals surface area (Å²) in [6, 6.07) is 5.14. The molecule has 6 heteroatoms. The molecule has 1 aromatic carbocycles. The normalized spacial score (nSPS) is 15.0. The highest BCUT2D eigenvalue weighted by molar-refractivity contribution is 5.98. The zero-order valence-corrected chi connectivity index (χ0v) is 13.0. The van der Waals surface area contributed by atoms with Crippen LogP contribution >= 0.6 is 0 Å². The fourth-order valence-electron chi connectivity index (χ4n) is 2.29. The van der Waals surface area contributed by atoms with Gasteiger partial charge in [-0.25, -0.2) is 0 Å². The summed E-state index contributed by atoms with van der Waals surface area (Å²) in [4.78, 5) is 25.5. The van der Waals surface area contributed by atoms with Crippen LogP contribution in [0.25, 0.3) is 0 Å². The number of carboxylic acids is 1. The van der Waals surface area contributed by atoms with Gasteiger partial charge in [0.25, 0.3) is 5.91 Å². The van der Waals surface area contributed by atoms with Crippen LogP contribution in [0.15, 0.2) is 18.2 Å². The molecular weight excluding hydrogens is 286 g/mol. The number of ether oxygens (including phenoxy) is 2.